The molecule has 0 saturated heterocycles. The number of hydrogen-bond acceptors (Lipinski definition) is 5. The van der Waals surface area contributed by atoms with E-state index >= 15 is 0 Å². The summed E-state index contributed by atoms with van der Waals surface area (Å²) in [6.07, 6.45) is 6.00. The smallest absolute Gasteiger partial charge is 0.278 e. The van der Waals surface area contributed by atoms with Gasteiger partial charge in [0.25, 0.3) is 5.89 Å². The number of aryl methyl sites for hydroxylation is 1. The van der Waals surface area contributed by atoms with Gasteiger partial charge in [0.05, 0.1) is 17.6 Å². The highest BCUT2D eigenvalue weighted by Crippen LogP contribution is 2.22. The average Bonchev–Trinajstić information content (AvgIpc) is 3.06. The predicted molar refractivity (Wildman–Crippen MR) is 68.8 cm³/mol. The summed E-state index contributed by atoms with van der Waals surface area (Å²) in [7, 11) is 0. The van der Waals surface area contributed by atoms with Crippen LogP contribution >= 0.6 is 0 Å². The summed E-state index contributed by atoms with van der Waals surface area (Å²) in [4.78, 5) is 12.7. The number of hydrogen-bond donors (Lipinski definition) is 0. The van der Waals surface area contributed by atoms with Crippen LogP contribution in [0.1, 0.15) is 18.4 Å². The van der Waals surface area contributed by atoms with Crippen molar-refractivity contribution in [3.05, 3.63) is 42.4 Å². The molecule has 3 aromatic rings. The zero-order chi connectivity index (χ0) is 13.2. The first-order valence-electron chi connectivity index (χ1n) is 6.07. The highest BCUT2D eigenvalue weighted by Gasteiger charge is 2.16. The second kappa shape index (κ2) is 4.64. The van der Waals surface area contributed by atoms with Crippen LogP contribution in [-0.4, -0.2) is 24.7 Å². The number of aromatic nitrogens is 5. The van der Waals surface area contributed by atoms with E-state index in [1.807, 2.05) is 30.5 Å². The maximum atomic E-state index is 5.22. The maximum Gasteiger partial charge on any atom is 0.278 e. The zero-order valence-corrected chi connectivity index (χ0v) is 10.7. The van der Waals surface area contributed by atoms with Crippen molar-refractivity contribution in [3.8, 4) is 17.3 Å². The van der Waals surface area contributed by atoms with Gasteiger partial charge in [-0.1, -0.05) is 12.1 Å². The van der Waals surface area contributed by atoms with Gasteiger partial charge in [-0.3, -0.25) is 4.98 Å². The van der Waals surface area contributed by atoms with E-state index in [2.05, 4.69) is 20.1 Å². The van der Waals surface area contributed by atoms with Gasteiger partial charge in [-0.2, -0.15) is 4.98 Å². The zero-order valence-electron chi connectivity index (χ0n) is 10.7. The van der Waals surface area contributed by atoms with Crippen molar-refractivity contribution in [2.24, 2.45) is 0 Å². The molecule has 0 atom stereocenters. The van der Waals surface area contributed by atoms with Gasteiger partial charge in [0.1, 0.15) is 12.0 Å². The molecular formula is C13H13N5O. The lowest BCUT2D eigenvalue weighted by Crippen LogP contribution is -1.95. The van der Waals surface area contributed by atoms with E-state index in [1.165, 1.54) is 0 Å². The van der Waals surface area contributed by atoms with Gasteiger partial charge in [0, 0.05) is 12.6 Å². The van der Waals surface area contributed by atoms with E-state index in [9.17, 15) is 0 Å². The highest BCUT2D eigenvalue weighted by atomic mass is 16.5. The molecule has 0 aromatic carbocycles. The topological polar surface area (TPSA) is 69.6 Å². The summed E-state index contributed by atoms with van der Waals surface area (Å²) in [5, 5.41) is 3.89. The molecular weight excluding hydrogens is 242 g/mol. The molecule has 6 nitrogen and oxygen atoms in total. The minimum atomic E-state index is 0.456. The summed E-state index contributed by atoms with van der Waals surface area (Å²) in [6, 6.07) is 3.85. The number of pyridine rings is 1. The van der Waals surface area contributed by atoms with Crippen molar-refractivity contribution in [2.45, 2.75) is 20.3 Å². The Balaban J connectivity index is 2.04. The number of nitrogens with zero attached hydrogens (tertiary/aromatic N) is 5. The van der Waals surface area contributed by atoms with Gasteiger partial charge < -0.3 is 9.09 Å². The molecule has 0 fully saturated rings. The Morgan fingerprint density at radius 1 is 1.37 bits per heavy atom. The van der Waals surface area contributed by atoms with E-state index in [4.69, 9.17) is 4.52 Å². The molecule has 0 bridgehead atoms. The second-order valence-electron chi connectivity index (χ2n) is 4.13. The number of imidazole rings is 1. The molecule has 0 amide bonds. The lowest BCUT2D eigenvalue weighted by Gasteiger charge is -2.03. The molecule has 96 valence electrons. The third kappa shape index (κ3) is 2.01. The van der Waals surface area contributed by atoms with E-state index in [1.54, 1.807) is 18.7 Å². The van der Waals surface area contributed by atoms with Gasteiger partial charge in [-0.05, 0) is 19.1 Å². The summed E-state index contributed by atoms with van der Waals surface area (Å²) in [6.45, 7) is 3.95. The molecule has 3 aromatic heterocycles. The fourth-order valence-corrected chi connectivity index (χ4v) is 1.87. The van der Waals surface area contributed by atoms with E-state index in [0.29, 0.717) is 17.4 Å². The fraction of sp³-hybridized carbons (Fsp3) is 0.231. The Hall–Kier alpha value is -2.50. The average molecular weight is 255 g/mol. The van der Waals surface area contributed by atoms with Crippen molar-refractivity contribution >= 4 is 0 Å². The minimum absolute atomic E-state index is 0.456. The Morgan fingerprint density at radius 3 is 2.95 bits per heavy atom. The van der Waals surface area contributed by atoms with Crippen LogP contribution < -0.4 is 0 Å². The highest BCUT2D eigenvalue weighted by molar-refractivity contribution is 5.52. The quantitative estimate of drug-likeness (QED) is 0.717. The summed E-state index contributed by atoms with van der Waals surface area (Å²) in [5.74, 6) is 1.14. The lowest BCUT2D eigenvalue weighted by atomic mass is 10.3. The molecule has 0 unspecified atom stereocenters. The summed E-state index contributed by atoms with van der Waals surface area (Å²) < 4.78 is 7.16. The minimum Gasteiger partial charge on any atom is -0.332 e. The lowest BCUT2D eigenvalue weighted by molar-refractivity contribution is 0.422. The van der Waals surface area contributed by atoms with Crippen molar-refractivity contribution in [3.63, 3.8) is 0 Å². The van der Waals surface area contributed by atoms with E-state index < -0.39 is 0 Å². The first-order valence-corrected chi connectivity index (χ1v) is 6.07. The van der Waals surface area contributed by atoms with Crippen LogP contribution in [0.5, 0.6) is 0 Å². The third-order valence-electron chi connectivity index (χ3n) is 2.92. The third-order valence-corrected chi connectivity index (χ3v) is 2.92. The first-order chi connectivity index (χ1) is 9.29. The van der Waals surface area contributed by atoms with Gasteiger partial charge in [0.2, 0.25) is 0 Å². The Kier molecular flexibility index (Phi) is 2.83. The van der Waals surface area contributed by atoms with Crippen LogP contribution in [0.2, 0.25) is 0 Å². The summed E-state index contributed by atoms with van der Waals surface area (Å²) >= 11 is 0. The fourth-order valence-electron chi connectivity index (χ4n) is 1.87. The van der Waals surface area contributed by atoms with Gasteiger partial charge >= 0.3 is 0 Å². The molecule has 0 radical (unpaired) electrons. The molecule has 0 aliphatic heterocycles. The van der Waals surface area contributed by atoms with E-state index in [0.717, 1.165) is 17.8 Å². The normalized spacial score (nSPS) is 10.8. The van der Waals surface area contributed by atoms with Crippen molar-refractivity contribution in [2.75, 3.05) is 0 Å². The molecule has 0 saturated carbocycles. The van der Waals surface area contributed by atoms with Crippen LogP contribution in [0.25, 0.3) is 17.3 Å². The Bertz CT molecular complexity index is 686. The van der Waals surface area contributed by atoms with Crippen LogP contribution in [-0.2, 0) is 6.42 Å². The molecule has 0 N–H and O–H groups in total. The molecule has 6 heteroatoms. The van der Waals surface area contributed by atoms with Crippen molar-refractivity contribution in [1.29, 1.82) is 0 Å². The van der Waals surface area contributed by atoms with Crippen LogP contribution in [0.3, 0.4) is 0 Å². The van der Waals surface area contributed by atoms with Crippen LogP contribution in [0.15, 0.2) is 35.4 Å². The summed E-state index contributed by atoms with van der Waals surface area (Å²) in [5.41, 5.74) is 2.60. The van der Waals surface area contributed by atoms with Crippen molar-refractivity contribution < 1.29 is 4.52 Å². The van der Waals surface area contributed by atoms with Gasteiger partial charge in [-0.15, -0.1) is 0 Å². The first kappa shape index (κ1) is 11.6. The second-order valence-corrected chi connectivity index (χ2v) is 4.13. The molecule has 0 aliphatic carbocycles. The monoisotopic (exact) mass is 255 g/mol. The Labute approximate surface area is 110 Å². The largest absolute Gasteiger partial charge is 0.332 e. The molecule has 0 spiro atoms. The van der Waals surface area contributed by atoms with Crippen LogP contribution in [0.4, 0.5) is 0 Å². The SMILES string of the molecule is CCc1noc(-c2ncn(-c3cccnc3)c2C)n1. The van der Waals surface area contributed by atoms with Gasteiger partial charge in [0.15, 0.2) is 5.82 Å². The van der Waals surface area contributed by atoms with E-state index in [-0.39, 0.29) is 0 Å². The number of rotatable bonds is 3. The Morgan fingerprint density at radius 2 is 2.26 bits per heavy atom. The maximum absolute atomic E-state index is 5.22. The standard InChI is InChI=1S/C13H13N5O/c1-3-11-16-13(19-17-11)12-9(2)18(8-15-12)10-5-4-6-14-7-10/h4-8H,3H2,1-2H3. The van der Waals surface area contributed by atoms with Crippen LogP contribution in [0, 0.1) is 6.92 Å². The molecule has 3 heterocycles. The molecule has 3 rings (SSSR count). The molecule has 0 aliphatic rings. The predicted octanol–water partition coefficient (Wildman–Crippen LogP) is 2.19. The van der Waals surface area contributed by atoms with Gasteiger partial charge in [-0.25, -0.2) is 4.98 Å². The van der Waals surface area contributed by atoms with Crippen molar-refractivity contribution in [1.82, 2.24) is 24.7 Å². The molecule has 19 heavy (non-hydrogen) atoms.